The molecule has 0 atom stereocenters. The van der Waals surface area contributed by atoms with Crippen molar-refractivity contribution < 1.29 is 27.8 Å². The lowest BCUT2D eigenvalue weighted by atomic mass is 10.1. The number of hydrogen-bond donors (Lipinski definition) is 2. The average Bonchev–Trinajstić information content (AvgIpc) is 2.96. The fourth-order valence-corrected chi connectivity index (χ4v) is 2.46. The Morgan fingerprint density at radius 1 is 1.32 bits per heavy atom. The van der Waals surface area contributed by atoms with Crippen molar-refractivity contribution in [3.05, 3.63) is 41.9 Å². The first kappa shape index (κ1) is 16.7. The smallest absolute Gasteiger partial charge is 0.478 e. The van der Waals surface area contributed by atoms with Crippen LogP contribution in [0.4, 0.5) is 13.2 Å². The minimum Gasteiger partial charge on any atom is -0.478 e. The Bertz CT molecular complexity index is 951. The largest absolute Gasteiger partial charge is 0.573 e. The Labute approximate surface area is 139 Å². The van der Waals surface area contributed by atoms with Crippen LogP contribution in [-0.2, 0) is 6.42 Å². The van der Waals surface area contributed by atoms with Gasteiger partial charge in [0.05, 0.1) is 16.6 Å². The van der Waals surface area contributed by atoms with Crippen molar-refractivity contribution in [2.75, 3.05) is 0 Å². The third-order valence-corrected chi connectivity index (χ3v) is 3.47. The Morgan fingerprint density at radius 3 is 2.72 bits per heavy atom. The summed E-state index contributed by atoms with van der Waals surface area (Å²) in [6, 6.07) is 5.23. The highest BCUT2D eigenvalue weighted by atomic mass is 19.4. The number of benzene rings is 1. The van der Waals surface area contributed by atoms with E-state index in [-0.39, 0.29) is 16.6 Å². The number of carboxylic acids is 1. The van der Waals surface area contributed by atoms with Gasteiger partial charge in [0, 0.05) is 18.2 Å². The number of aryl methyl sites for hydroxylation is 1. The first-order chi connectivity index (χ1) is 11.8. The van der Waals surface area contributed by atoms with Crippen molar-refractivity contribution in [2.45, 2.75) is 19.7 Å². The van der Waals surface area contributed by atoms with E-state index in [0.29, 0.717) is 23.5 Å². The van der Waals surface area contributed by atoms with Gasteiger partial charge in [0.25, 0.3) is 0 Å². The van der Waals surface area contributed by atoms with E-state index in [9.17, 15) is 23.1 Å². The van der Waals surface area contributed by atoms with Crippen LogP contribution < -0.4 is 4.74 Å². The van der Waals surface area contributed by atoms with Gasteiger partial charge in [-0.05, 0) is 12.1 Å². The average molecular weight is 351 g/mol. The number of nitrogens with one attached hydrogen (secondary N) is 1. The van der Waals surface area contributed by atoms with Crippen LogP contribution >= 0.6 is 0 Å². The van der Waals surface area contributed by atoms with Crippen molar-refractivity contribution in [2.24, 2.45) is 0 Å². The molecule has 0 bridgehead atoms. The normalized spacial score (nSPS) is 11.7. The van der Waals surface area contributed by atoms with Crippen LogP contribution in [0, 0.1) is 0 Å². The first-order valence-corrected chi connectivity index (χ1v) is 7.26. The second-order valence-electron chi connectivity index (χ2n) is 5.15. The summed E-state index contributed by atoms with van der Waals surface area (Å²) in [6.07, 6.45) is -3.07. The van der Waals surface area contributed by atoms with Crippen molar-refractivity contribution >= 4 is 17.0 Å². The second-order valence-corrected chi connectivity index (χ2v) is 5.15. The van der Waals surface area contributed by atoms with E-state index >= 15 is 0 Å². The van der Waals surface area contributed by atoms with Gasteiger partial charge in [0.2, 0.25) is 0 Å². The number of nitrogens with zero attached hydrogens (tertiary/aromatic N) is 2. The summed E-state index contributed by atoms with van der Waals surface area (Å²) in [5, 5.41) is 9.56. The minimum atomic E-state index is -4.82. The molecule has 0 unspecified atom stereocenters. The third-order valence-electron chi connectivity index (χ3n) is 3.47. The molecule has 130 valence electrons. The summed E-state index contributed by atoms with van der Waals surface area (Å²) in [7, 11) is 0. The summed E-state index contributed by atoms with van der Waals surface area (Å²) in [5.41, 5.74) is 0.773. The lowest BCUT2D eigenvalue weighted by molar-refractivity contribution is -0.274. The predicted octanol–water partition coefficient (Wildman–Crippen LogP) is 3.78. The maximum Gasteiger partial charge on any atom is 0.573 e. The zero-order chi connectivity index (χ0) is 18.2. The molecule has 9 heteroatoms. The number of aromatic nitrogens is 3. The highest BCUT2D eigenvalue weighted by molar-refractivity contribution is 6.07. The van der Waals surface area contributed by atoms with E-state index in [1.807, 2.05) is 6.92 Å². The van der Waals surface area contributed by atoms with Crippen LogP contribution in [0.25, 0.3) is 22.3 Å². The molecular weight excluding hydrogens is 339 g/mol. The SMILES string of the molecule is CCc1nc(-c2cccc(OC(F)(F)F)c2)c2c(C(=O)O)c[nH]c2n1. The molecule has 2 N–H and O–H groups in total. The van der Waals surface area contributed by atoms with Crippen molar-refractivity contribution in [1.82, 2.24) is 15.0 Å². The molecule has 0 amide bonds. The summed E-state index contributed by atoms with van der Waals surface area (Å²) >= 11 is 0. The molecule has 0 aliphatic carbocycles. The van der Waals surface area contributed by atoms with Gasteiger partial charge < -0.3 is 14.8 Å². The molecule has 0 spiro atoms. The van der Waals surface area contributed by atoms with Crippen LogP contribution in [0.2, 0.25) is 0 Å². The summed E-state index contributed by atoms with van der Waals surface area (Å²) in [4.78, 5) is 22.7. The van der Waals surface area contributed by atoms with E-state index in [4.69, 9.17) is 0 Å². The number of aromatic amines is 1. The van der Waals surface area contributed by atoms with Crippen LogP contribution in [-0.4, -0.2) is 32.4 Å². The predicted molar refractivity (Wildman–Crippen MR) is 82.3 cm³/mol. The minimum absolute atomic E-state index is 0.0604. The number of aromatic carboxylic acids is 1. The molecule has 25 heavy (non-hydrogen) atoms. The van der Waals surface area contributed by atoms with Gasteiger partial charge >= 0.3 is 12.3 Å². The van der Waals surface area contributed by atoms with Gasteiger partial charge in [-0.25, -0.2) is 14.8 Å². The Balaban J connectivity index is 2.22. The van der Waals surface area contributed by atoms with E-state index in [1.54, 1.807) is 0 Å². The highest BCUT2D eigenvalue weighted by Crippen LogP contribution is 2.32. The van der Waals surface area contributed by atoms with Crippen molar-refractivity contribution in [1.29, 1.82) is 0 Å². The fraction of sp³-hybridized carbons (Fsp3) is 0.188. The summed E-state index contributed by atoms with van der Waals surface area (Å²) in [6.45, 7) is 1.81. The van der Waals surface area contributed by atoms with Gasteiger partial charge in [-0.3, -0.25) is 0 Å². The van der Waals surface area contributed by atoms with E-state index in [0.717, 1.165) is 12.1 Å². The van der Waals surface area contributed by atoms with Gasteiger partial charge in [-0.15, -0.1) is 13.2 Å². The quantitative estimate of drug-likeness (QED) is 0.747. The topological polar surface area (TPSA) is 88.1 Å². The van der Waals surface area contributed by atoms with Crippen molar-refractivity contribution in [3.8, 4) is 17.0 Å². The molecule has 0 radical (unpaired) electrons. The van der Waals surface area contributed by atoms with Crippen LogP contribution in [0.15, 0.2) is 30.5 Å². The molecule has 6 nitrogen and oxygen atoms in total. The Hall–Kier alpha value is -3.10. The summed E-state index contributed by atoms with van der Waals surface area (Å²) in [5.74, 6) is -1.17. The number of alkyl halides is 3. The standard InChI is InChI=1S/C16H12F3N3O3/c1-2-11-21-13(12-10(15(23)24)7-20-14(12)22-11)8-4-3-5-9(6-8)25-16(17,18)19/h3-7H,2H2,1H3,(H,23,24)(H,20,21,22). The van der Waals surface area contributed by atoms with Gasteiger partial charge in [0.15, 0.2) is 0 Å². The lowest BCUT2D eigenvalue weighted by Crippen LogP contribution is -2.17. The van der Waals surface area contributed by atoms with Gasteiger partial charge in [-0.2, -0.15) is 0 Å². The van der Waals surface area contributed by atoms with Gasteiger partial charge in [0.1, 0.15) is 17.2 Å². The van der Waals surface area contributed by atoms with Crippen LogP contribution in [0.5, 0.6) is 5.75 Å². The number of H-pyrrole nitrogens is 1. The fourth-order valence-electron chi connectivity index (χ4n) is 2.46. The zero-order valence-corrected chi connectivity index (χ0v) is 12.9. The molecule has 3 rings (SSSR count). The number of carboxylic acid groups (broad SMARTS) is 1. The molecule has 2 heterocycles. The second kappa shape index (κ2) is 6.08. The monoisotopic (exact) mass is 351 g/mol. The number of rotatable bonds is 4. The van der Waals surface area contributed by atoms with Gasteiger partial charge in [-0.1, -0.05) is 19.1 Å². The number of halogens is 3. The number of ether oxygens (including phenoxy) is 1. The number of hydrogen-bond acceptors (Lipinski definition) is 4. The molecule has 0 aliphatic rings. The number of fused-ring (bicyclic) bond motifs is 1. The Morgan fingerprint density at radius 2 is 2.08 bits per heavy atom. The molecule has 0 saturated heterocycles. The molecule has 0 aliphatic heterocycles. The molecule has 0 saturated carbocycles. The molecule has 2 aromatic heterocycles. The third kappa shape index (κ3) is 3.39. The maximum atomic E-state index is 12.4. The first-order valence-electron chi connectivity index (χ1n) is 7.26. The van der Waals surface area contributed by atoms with E-state index in [1.165, 1.54) is 18.3 Å². The molecular formula is C16H12F3N3O3. The highest BCUT2D eigenvalue weighted by Gasteiger charge is 2.31. The lowest BCUT2D eigenvalue weighted by Gasteiger charge is -2.11. The number of carbonyl (C=O) groups is 1. The molecule has 3 aromatic rings. The van der Waals surface area contributed by atoms with E-state index in [2.05, 4.69) is 19.7 Å². The maximum absolute atomic E-state index is 12.4. The summed E-state index contributed by atoms with van der Waals surface area (Å²) < 4.78 is 41.2. The van der Waals surface area contributed by atoms with Crippen LogP contribution in [0.3, 0.4) is 0 Å². The van der Waals surface area contributed by atoms with Crippen molar-refractivity contribution in [3.63, 3.8) is 0 Å². The zero-order valence-electron chi connectivity index (χ0n) is 12.9. The molecule has 0 fully saturated rings. The Kier molecular flexibility index (Phi) is 4.07. The molecule has 1 aromatic carbocycles. The van der Waals surface area contributed by atoms with E-state index < -0.39 is 18.1 Å². The van der Waals surface area contributed by atoms with Crippen LogP contribution in [0.1, 0.15) is 23.1 Å².